The summed E-state index contributed by atoms with van der Waals surface area (Å²) in [6, 6.07) is 8.26. The Kier molecular flexibility index (Phi) is 4.02. The Morgan fingerprint density at radius 2 is 2.00 bits per heavy atom. The molecule has 1 N–H and O–H groups in total. The number of anilines is 1. The second-order valence-corrected chi connectivity index (χ2v) is 9.31. The maximum absolute atomic E-state index is 13.5. The number of hydrogen-bond acceptors (Lipinski definition) is 3. The Labute approximate surface area is 163 Å². The minimum Gasteiger partial charge on any atom is -0.352 e. The van der Waals surface area contributed by atoms with E-state index >= 15 is 0 Å². The van der Waals surface area contributed by atoms with Crippen LogP contribution in [0.4, 0.5) is 5.00 Å². The zero-order chi connectivity index (χ0) is 17.8. The van der Waals surface area contributed by atoms with Gasteiger partial charge in [-0.15, -0.1) is 11.3 Å². The number of nitrogens with zero attached hydrogens (tertiary/aromatic N) is 1. The minimum absolute atomic E-state index is 0.0816. The summed E-state index contributed by atoms with van der Waals surface area (Å²) in [5.74, 6) is 0.998. The van der Waals surface area contributed by atoms with E-state index in [-0.39, 0.29) is 12.1 Å². The number of carbonyl (C=O) groups is 1. The largest absolute Gasteiger partial charge is 0.352 e. The van der Waals surface area contributed by atoms with E-state index in [4.69, 9.17) is 11.6 Å². The lowest BCUT2D eigenvalue weighted by atomic mass is 9.85. The molecule has 1 saturated carbocycles. The van der Waals surface area contributed by atoms with Crippen molar-refractivity contribution in [2.75, 3.05) is 5.32 Å². The lowest BCUT2D eigenvalue weighted by molar-refractivity contribution is 0.0666. The van der Waals surface area contributed by atoms with Crippen molar-refractivity contribution in [3.63, 3.8) is 0 Å². The molecule has 0 bridgehead atoms. The Morgan fingerprint density at radius 3 is 2.69 bits per heavy atom. The quantitative estimate of drug-likeness (QED) is 0.739. The van der Waals surface area contributed by atoms with Gasteiger partial charge in [-0.25, -0.2) is 0 Å². The molecule has 136 valence electrons. The third-order valence-corrected chi connectivity index (χ3v) is 7.50. The molecule has 2 heterocycles. The molecule has 5 rings (SSSR count). The first kappa shape index (κ1) is 16.6. The number of nitrogens with one attached hydrogen (secondary N) is 1. The van der Waals surface area contributed by atoms with Crippen molar-refractivity contribution in [3.05, 3.63) is 50.9 Å². The van der Waals surface area contributed by atoms with Gasteiger partial charge in [0.1, 0.15) is 11.2 Å². The molecule has 3 aliphatic rings. The van der Waals surface area contributed by atoms with Crippen LogP contribution in [0.1, 0.15) is 65.1 Å². The van der Waals surface area contributed by atoms with Gasteiger partial charge in [0.05, 0.1) is 5.56 Å². The number of carbonyl (C=O) groups excluding carboxylic acids is 1. The predicted octanol–water partition coefficient (Wildman–Crippen LogP) is 5.65. The Bertz CT molecular complexity index is 856. The molecule has 0 radical (unpaired) electrons. The van der Waals surface area contributed by atoms with E-state index < -0.39 is 0 Å². The number of halogens is 1. The number of hydrogen-bond donors (Lipinski definition) is 1. The third kappa shape index (κ3) is 2.66. The van der Waals surface area contributed by atoms with E-state index in [2.05, 4.69) is 17.1 Å². The van der Waals surface area contributed by atoms with E-state index in [0.717, 1.165) is 52.8 Å². The highest BCUT2D eigenvalue weighted by atomic mass is 35.5. The second-order valence-electron chi connectivity index (χ2n) is 7.77. The van der Waals surface area contributed by atoms with Crippen molar-refractivity contribution in [2.45, 2.75) is 57.7 Å². The number of rotatable bonds is 3. The topological polar surface area (TPSA) is 32.3 Å². The molecule has 1 amide bonds. The van der Waals surface area contributed by atoms with Crippen molar-refractivity contribution in [1.82, 2.24) is 4.90 Å². The van der Waals surface area contributed by atoms with Gasteiger partial charge in [-0.2, -0.15) is 0 Å². The molecule has 2 aliphatic carbocycles. The summed E-state index contributed by atoms with van der Waals surface area (Å²) in [5, 5.41) is 5.51. The zero-order valence-electron chi connectivity index (χ0n) is 14.9. The van der Waals surface area contributed by atoms with E-state index in [9.17, 15) is 4.79 Å². The van der Waals surface area contributed by atoms with Gasteiger partial charge in [0.15, 0.2) is 0 Å². The molecule has 1 fully saturated rings. The lowest BCUT2D eigenvalue weighted by Gasteiger charge is -2.37. The molecule has 1 aromatic carbocycles. The molecule has 2 aromatic rings. The summed E-state index contributed by atoms with van der Waals surface area (Å²) in [6.45, 7) is 2.28. The molecule has 0 unspecified atom stereocenters. The minimum atomic E-state index is -0.0816. The van der Waals surface area contributed by atoms with Crippen LogP contribution in [0.3, 0.4) is 0 Å². The molecule has 0 saturated heterocycles. The average molecular weight is 387 g/mol. The first-order chi connectivity index (χ1) is 12.7. The Hall–Kier alpha value is -1.52. The molecule has 0 spiro atoms. The van der Waals surface area contributed by atoms with Gasteiger partial charge >= 0.3 is 0 Å². The van der Waals surface area contributed by atoms with Crippen LogP contribution in [0.25, 0.3) is 0 Å². The van der Waals surface area contributed by atoms with Gasteiger partial charge in [-0.1, -0.05) is 37.1 Å². The molecule has 1 aromatic heterocycles. The summed E-state index contributed by atoms with van der Waals surface area (Å²) < 4.78 is 0. The fourth-order valence-electron chi connectivity index (χ4n) is 4.39. The smallest absolute Gasteiger partial charge is 0.259 e. The first-order valence-corrected chi connectivity index (χ1v) is 10.8. The summed E-state index contributed by atoms with van der Waals surface area (Å²) in [4.78, 5) is 17.0. The predicted molar refractivity (Wildman–Crippen MR) is 107 cm³/mol. The van der Waals surface area contributed by atoms with Crippen LogP contribution in [-0.4, -0.2) is 16.8 Å². The number of thiophene rings is 1. The van der Waals surface area contributed by atoms with E-state index in [1.165, 1.54) is 23.3 Å². The standard InChI is InChI=1S/C21H23ClN2OS/c1-2-12-3-10-16-17(11-12)26-20-18(16)21(25)24(15-8-9-15)19(23-20)13-4-6-14(22)7-5-13/h4-7,12,15,19,23H,2-3,8-11H2,1H3/t12-,19+/m1/s1. The maximum atomic E-state index is 13.5. The first-order valence-electron chi connectivity index (χ1n) is 9.65. The summed E-state index contributed by atoms with van der Waals surface area (Å²) in [7, 11) is 0. The van der Waals surface area contributed by atoms with Crippen molar-refractivity contribution in [1.29, 1.82) is 0 Å². The molecule has 26 heavy (non-hydrogen) atoms. The Morgan fingerprint density at radius 1 is 1.23 bits per heavy atom. The lowest BCUT2D eigenvalue weighted by Crippen LogP contribution is -2.44. The van der Waals surface area contributed by atoms with Crippen LogP contribution in [-0.2, 0) is 12.8 Å². The van der Waals surface area contributed by atoms with Gasteiger partial charge in [-0.3, -0.25) is 4.79 Å². The normalized spacial score (nSPS) is 24.8. The number of fused-ring (bicyclic) bond motifs is 3. The third-order valence-electron chi connectivity index (χ3n) is 6.07. The molecule has 5 heteroatoms. The molecular weight excluding hydrogens is 364 g/mol. The Balaban J connectivity index is 1.56. The van der Waals surface area contributed by atoms with Crippen LogP contribution >= 0.6 is 22.9 Å². The second kappa shape index (κ2) is 6.28. The van der Waals surface area contributed by atoms with Crippen molar-refractivity contribution >= 4 is 33.8 Å². The number of amides is 1. The number of benzene rings is 1. The van der Waals surface area contributed by atoms with E-state index in [0.29, 0.717) is 6.04 Å². The fraction of sp³-hybridized carbons (Fsp3) is 0.476. The van der Waals surface area contributed by atoms with Gasteiger partial charge in [-0.05, 0) is 61.3 Å². The summed E-state index contributed by atoms with van der Waals surface area (Å²) >= 11 is 7.88. The van der Waals surface area contributed by atoms with Crippen LogP contribution in [0, 0.1) is 5.92 Å². The molecular formula is C21H23ClN2OS. The fourth-order valence-corrected chi connectivity index (χ4v) is 5.89. The van der Waals surface area contributed by atoms with Crippen LogP contribution in [0.5, 0.6) is 0 Å². The molecule has 1 aliphatic heterocycles. The maximum Gasteiger partial charge on any atom is 0.259 e. The van der Waals surface area contributed by atoms with Crippen LogP contribution in [0.15, 0.2) is 24.3 Å². The van der Waals surface area contributed by atoms with Crippen LogP contribution in [0.2, 0.25) is 5.02 Å². The van der Waals surface area contributed by atoms with E-state index in [1.807, 2.05) is 35.6 Å². The highest BCUT2D eigenvalue weighted by Gasteiger charge is 2.44. The molecule has 2 atom stereocenters. The van der Waals surface area contributed by atoms with Crippen LogP contribution < -0.4 is 5.32 Å². The SMILES string of the molecule is CC[C@@H]1CCc2c(sc3c2C(=O)N(C2CC2)[C@@H](c2ccc(Cl)cc2)N3)C1. The summed E-state index contributed by atoms with van der Waals surface area (Å²) in [5.41, 5.74) is 3.40. The van der Waals surface area contributed by atoms with Gasteiger partial charge in [0, 0.05) is 15.9 Å². The van der Waals surface area contributed by atoms with Crippen molar-refractivity contribution in [2.24, 2.45) is 5.92 Å². The highest BCUT2D eigenvalue weighted by molar-refractivity contribution is 7.16. The highest BCUT2D eigenvalue weighted by Crippen LogP contribution is 2.48. The van der Waals surface area contributed by atoms with Crippen molar-refractivity contribution in [3.8, 4) is 0 Å². The summed E-state index contributed by atoms with van der Waals surface area (Å²) in [6.07, 6.45) is 6.76. The van der Waals surface area contributed by atoms with E-state index in [1.54, 1.807) is 0 Å². The van der Waals surface area contributed by atoms with Gasteiger partial charge in [0.2, 0.25) is 0 Å². The average Bonchev–Trinajstić information content (AvgIpc) is 3.41. The van der Waals surface area contributed by atoms with Crippen molar-refractivity contribution < 1.29 is 4.79 Å². The monoisotopic (exact) mass is 386 g/mol. The molecule has 3 nitrogen and oxygen atoms in total. The van der Waals surface area contributed by atoms with Gasteiger partial charge in [0.25, 0.3) is 5.91 Å². The van der Waals surface area contributed by atoms with Gasteiger partial charge < -0.3 is 10.2 Å². The zero-order valence-corrected chi connectivity index (χ0v) is 16.5.